The fourth-order valence-electron chi connectivity index (χ4n) is 6.50. The van der Waals surface area contributed by atoms with Crippen LogP contribution in [0, 0.1) is 23.3 Å². The Morgan fingerprint density at radius 3 is 2.00 bits per heavy atom. The normalized spacial score (nSPS) is 20.2. The fourth-order valence-corrected chi connectivity index (χ4v) is 7.85. The van der Waals surface area contributed by atoms with Gasteiger partial charge in [-0.2, -0.15) is 0 Å². The number of piperazine rings is 1. The lowest BCUT2D eigenvalue weighted by atomic mass is 9.87. The van der Waals surface area contributed by atoms with Gasteiger partial charge in [0, 0.05) is 27.7 Å². The lowest BCUT2D eigenvalue weighted by Gasteiger charge is -2.35. The molecule has 0 unspecified atom stereocenters. The summed E-state index contributed by atoms with van der Waals surface area (Å²) < 4.78 is 55.8. The summed E-state index contributed by atoms with van der Waals surface area (Å²) in [6.45, 7) is 4.97. The topological polar surface area (TPSA) is 8.88 Å². The molecule has 2 aliphatic heterocycles. The molecule has 1 fully saturated rings. The molecule has 218 valence electrons. The molecule has 0 aliphatic carbocycles. The molecular weight excluding hydrogens is 580 g/mol. The number of halogens is 5. The summed E-state index contributed by atoms with van der Waals surface area (Å²) in [5, 5.41) is 0.122. The average molecular weight is 613 g/mol. The summed E-state index contributed by atoms with van der Waals surface area (Å²) in [6, 6.07) is 21.5. The molecule has 0 amide bonds. The van der Waals surface area contributed by atoms with E-state index in [1.54, 1.807) is 17.0 Å². The SMILES string of the molecule is Fc1ccc(C(CCC[NH+]2CC[NH+]([C@@H]3Cc4ccc(F)cc4Sc4cc(F)c(Cl)cc43)CC2)c2ccc(F)cc2)cc1. The van der Waals surface area contributed by atoms with E-state index in [1.165, 1.54) is 53.1 Å². The highest BCUT2D eigenvalue weighted by Gasteiger charge is 2.35. The van der Waals surface area contributed by atoms with Crippen LogP contribution in [0.5, 0.6) is 0 Å². The number of nitrogens with one attached hydrogen (secondary N) is 2. The predicted molar refractivity (Wildman–Crippen MR) is 159 cm³/mol. The van der Waals surface area contributed by atoms with Gasteiger partial charge in [-0.1, -0.05) is 53.7 Å². The van der Waals surface area contributed by atoms with Crippen molar-refractivity contribution >= 4 is 23.4 Å². The molecule has 2 heterocycles. The standard InChI is InChI=1S/C34H31ClF4N2S/c35-30-20-29-32(18-24-7-12-27(38)19-33(24)42-34(29)21-31(30)39)41-16-14-40(15-17-41)13-1-2-28(22-3-8-25(36)9-4-22)23-5-10-26(37)11-6-23/h3-12,19-21,28,32H,1-2,13-18H2/p+2/t32-/m1/s1. The molecule has 2 N–H and O–H groups in total. The van der Waals surface area contributed by atoms with Crippen molar-refractivity contribution in [2.24, 2.45) is 0 Å². The molecule has 0 bridgehead atoms. The zero-order valence-electron chi connectivity index (χ0n) is 23.1. The van der Waals surface area contributed by atoms with Gasteiger partial charge in [0.25, 0.3) is 0 Å². The van der Waals surface area contributed by atoms with Gasteiger partial charge in [-0.15, -0.1) is 0 Å². The van der Waals surface area contributed by atoms with Crippen LogP contribution in [0.4, 0.5) is 17.6 Å². The van der Waals surface area contributed by atoms with Crippen LogP contribution in [0.2, 0.25) is 5.02 Å². The van der Waals surface area contributed by atoms with Gasteiger partial charge in [-0.25, -0.2) is 17.6 Å². The zero-order chi connectivity index (χ0) is 29.2. The minimum absolute atomic E-state index is 0.0764. The molecule has 0 saturated carbocycles. The van der Waals surface area contributed by atoms with E-state index in [0.717, 1.165) is 84.0 Å². The maximum absolute atomic E-state index is 14.5. The molecule has 0 aromatic heterocycles. The van der Waals surface area contributed by atoms with Crippen LogP contribution in [0.3, 0.4) is 0 Å². The molecule has 1 atom stereocenters. The van der Waals surface area contributed by atoms with Crippen molar-refractivity contribution in [1.29, 1.82) is 0 Å². The van der Waals surface area contributed by atoms with Crippen molar-refractivity contribution in [3.05, 3.63) is 129 Å². The minimum Gasteiger partial charge on any atom is -0.326 e. The Kier molecular flexibility index (Phi) is 8.91. The van der Waals surface area contributed by atoms with Gasteiger partial charge < -0.3 is 9.80 Å². The van der Waals surface area contributed by atoms with Gasteiger partial charge >= 0.3 is 0 Å². The molecule has 4 aromatic carbocycles. The largest absolute Gasteiger partial charge is 0.326 e. The first kappa shape index (κ1) is 29.2. The third kappa shape index (κ3) is 6.55. The number of fused-ring (bicyclic) bond motifs is 2. The van der Waals surface area contributed by atoms with Crippen molar-refractivity contribution in [2.45, 2.75) is 41.0 Å². The van der Waals surface area contributed by atoms with Crippen molar-refractivity contribution in [3.63, 3.8) is 0 Å². The Morgan fingerprint density at radius 1 is 0.738 bits per heavy atom. The van der Waals surface area contributed by atoms with E-state index in [1.807, 2.05) is 30.3 Å². The monoisotopic (exact) mass is 612 g/mol. The Bertz CT molecular complexity index is 1490. The molecule has 1 saturated heterocycles. The molecule has 2 aliphatic rings. The first-order valence-corrected chi connectivity index (χ1v) is 15.7. The van der Waals surface area contributed by atoms with E-state index < -0.39 is 5.82 Å². The maximum atomic E-state index is 14.5. The van der Waals surface area contributed by atoms with Crippen LogP contribution in [0.1, 0.15) is 47.1 Å². The maximum Gasteiger partial charge on any atom is 0.142 e. The fraction of sp³-hybridized carbons (Fsp3) is 0.294. The van der Waals surface area contributed by atoms with Gasteiger partial charge in [0.05, 0.1) is 11.6 Å². The Morgan fingerprint density at radius 2 is 1.36 bits per heavy atom. The van der Waals surface area contributed by atoms with E-state index >= 15 is 0 Å². The number of benzene rings is 4. The predicted octanol–water partition coefficient (Wildman–Crippen LogP) is 6.04. The van der Waals surface area contributed by atoms with Crippen molar-refractivity contribution in [1.82, 2.24) is 0 Å². The molecule has 0 spiro atoms. The third-order valence-electron chi connectivity index (χ3n) is 8.76. The third-order valence-corrected chi connectivity index (χ3v) is 10.2. The Hall–Kier alpha value is -2.84. The molecule has 42 heavy (non-hydrogen) atoms. The smallest absolute Gasteiger partial charge is 0.142 e. The number of quaternary nitrogens is 2. The summed E-state index contributed by atoms with van der Waals surface area (Å²) in [5.74, 6) is -1.20. The van der Waals surface area contributed by atoms with Gasteiger partial charge in [0.2, 0.25) is 0 Å². The molecular formula is C34H33ClF4N2S+2. The molecule has 2 nitrogen and oxygen atoms in total. The van der Waals surface area contributed by atoms with Crippen molar-refractivity contribution in [2.75, 3.05) is 32.7 Å². The number of hydrogen-bond donors (Lipinski definition) is 2. The van der Waals surface area contributed by atoms with E-state index in [-0.39, 0.29) is 34.4 Å². The van der Waals surface area contributed by atoms with E-state index in [9.17, 15) is 17.6 Å². The first-order valence-electron chi connectivity index (χ1n) is 14.5. The molecule has 8 heteroatoms. The highest BCUT2D eigenvalue weighted by atomic mass is 35.5. The van der Waals surface area contributed by atoms with Gasteiger partial charge in [0.15, 0.2) is 0 Å². The van der Waals surface area contributed by atoms with Gasteiger partial charge in [-0.3, -0.25) is 0 Å². The zero-order valence-corrected chi connectivity index (χ0v) is 24.7. The van der Waals surface area contributed by atoms with Crippen LogP contribution >= 0.6 is 23.4 Å². The first-order chi connectivity index (χ1) is 20.3. The Labute approximate surface area is 253 Å². The lowest BCUT2D eigenvalue weighted by Crippen LogP contribution is -3.28. The second kappa shape index (κ2) is 12.8. The summed E-state index contributed by atoms with van der Waals surface area (Å²) in [5.41, 5.74) is 4.18. The summed E-state index contributed by atoms with van der Waals surface area (Å²) in [4.78, 5) is 4.62. The van der Waals surface area contributed by atoms with E-state index in [2.05, 4.69) is 0 Å². The quantitative estimate of drug-likeness (QED) is 0.242. The average Bonchev–Trinajstić information content (AvgIpc) is 3.13. The van der Waals surface area contributed by atoms with E-state index in [4.69, 9.17) is 11.6 Å². The molecule has 6 rings (SSSR count). The second-order valence-electron chi connectivity index (χ2n) is 11.4. The minimum atomic E-state index is -0.453. The van der Waals surface area contributed by atoms with Crippen molar-refractivity contribution < 1.29 is 27.4 Å². The van der Waals surface area contributed by atoms with Crippen LogP contribution in [-0.2, 0) is 6.42 Å². The number of rotatable bonds is 7. The summed E-state index contributed by atoms with van der Waals surface area (Å²) >= 11 is 7.68. The van der Waals surface area contributed by atoms with Crippen LogP contribution < -0.4 is 9.80 Å². The second-order valence-corrected chi connectivity index (χ2v) is 12.9. The Balaban J connectivity index is 1.12. The highest BCUT2D eigenvalue weighted by molar-refractivity contribution is 7.99. The van der Waals surface area contributed by atoms with Crippen LogP contribution in [-0.4, -0.2) is 32.7 Å². The van der Waals surface area contributed by atoms with Crippen molar-refractivity contribution in [3.8, 4) is 0 Å². The summed E-state index contributed by atoms with van der Waals surface area (Å²) in [7, 11) is 0. The highest BCUT2D eigenvalue weighted by Crippen LogP contribution is 2.42. The van der Waals surface area contributed by atoms with E-state index in [0.29, 0.717) is 0 Å². The van der Waals surface area contributed by atoms with Gasteiger partial charge in [-0.05, 0) is 78.1 Å². The lowest BCUT2D eigenvalue weighted by molar-refractivity contribution is -1.03. The van der Waals surface area contributed by atoms with Crippen LogP contribution in [0.15, 0.2) is 88.7 Å². The molecule has 0 radical (unpaired) electrons. The number of hydrogen-bond acceptors (Lipinski definition) is 1. The summed E-state index contributed by atoms with van der Waals surface area (Å²) in [6.07, 6.45) is 2.63. The van der Waals surface area contributed by atoms with Gasteiger partial charge in [0.1, 0.15) is 55.5 Å². The van der Waals surface area contributed by atoms with Crippen LogP contribution in [0.25, 0.3) is 0 Å². The molecule has 4 aromatic rings.